The first-order valence-electron chi connectivity index (χ1n) is 6.94. The fourth-order valence-corrected chi connectivity index (χ4v) is 2.18. The van der Waals surface area contributed by atoms with Crippen molar-refractivity contribution in [1.29, 1.82) is 0 Å². The molecular formula is C14H21N5O. The Balaban J connectivity index is 2.04. The van der Waals surface area contributed by atoms with Gasteiger partial charge in [-0.1, -0.05) is 19.4 Å². The zero-order valence-corrected chi connectivity index (χ0v) is 11.9. The third-order valence-electron chi connectivity index (χ3n) is 3.49. The SMILES string of the molecule is CCC(CN)CC(=O)NC(C)c1nnc2ccccn12. The van der Waals surface area contributed by atoms with Crippen LogP contribution in [0.4, 0.5) is 0 Å². The average Bonchev–Trinajstić information content (AvgIpc) is 2.88. The van der Waals surface area contributed by atoms with Crippen molar-refractivity contribution in [3.05, 3.63) is 30.2 Å². The Kier molecular flexibility index (Phi) is 4.68. The van der Waals surface area contributed by atoms with Gasteiger partial charge in [0.05, 0.1) is 6.04 Å². The van der Waals surface area contributed by atoms with E-state index < -0.39 is 0 Å². The number of carbonyl (C=O) groups is 1. The molecule has 0 fully saturated rings. The zero-order chi connectivity index (χ0) is 14.5. The Labute approximate surface area is 118 Å². The van der Waals surface area contributed by atoms with Crippen molar-refractivity contribution < 1.29 is 4.79 Å². The van der Waals surface area contributed by atoms with Gasteiger partial charge in [-0.2, -0.15) is 0 Å². The summed E-state index contributed by atoms with van der Waals surface area (Å²) in [6, 6.07) is 5.52. The third-order valence-corrected chi connectivity index (χ3v) is 3.49. The molecule has 2 atom stereocenters. The number of nitrogens with one attached hydrogen (secondary N) is 1. The summed E-state index contributed by atoms with van der Waals surface area (Å²) < 4.78 is 1.88. The van der Waals surface area contributed by atoms with Gasteiger partial charge in [-0.25, -0.2) is 0 Å². The van der Waals surface area contributed by atoms with Gasteiger partial charge in [0.25, 0.3) is 0 Å². The summed E-state index contributed by atoms with van der Waals surface area (Å²) in [7, 11) is 0. The van der Waals surface area contributed by atoms with Crippen molar-refractivity contribution in [2.75, 3.05) is 6.54 Å². The van der Waals surface area contributed by atoms with Crippen molar-refractivity contribution in [2.24, 2.45) is 11.7 Å². The lowest BCUT2D eigenvalue weighted by molar-refractivity contribution is -0.122. The highest BCUT2D eigenvalue weighted by Gasteiger charge is 2.17. The van der Waals surface area contributed by atoms with Gasteiger partial charge in [-0.05, 0) is 31.5 Å². The number of rotatable bonds is 6. The topological polar surface area (TPSA) is 85.3 Å². The van der Waals surface area contributed by atoms with Crippen LogP contribution >= 0.6 is 0 Å². The second-order valence-corrected chi connectivity index (χ2v) is 4.99. The Morgan fingerprint density at radius 2 is 2.25 bits per heavy atom. The zero-order valence-electron chi connectivity index (χ0n) is 11.9. The van der Waals surface area contributed by atoms with E-state index in [9.17, 15) is 4.79 Å². The van der Waals surface area contributed by atoms with Gasteiger partial charge in [-0.3, -0.25) is 9.20 Å². The summed E-state index contributed by atoms with van der Waals surface area (Å²) in [4.78, 5) is 12.0. The Morgan fingerprint density at radius 3 is 2.95 bits per heavy atom. The molecule has 0 bridgehead atoms. The molecule has 2 aromatic heterocycles. The number of amides is 1. The lowest BCUT2D eigenvalue weighted by Crippen LogP contribution is -2.31. The molecule has 2 rings (SSSR count). The van der Waals surface area contributed by atoms with E-state index in [4.69, 9.17) is 5.73 Å². The lowest BCUT2D eigenvalue weighted by Gasteiger charge is -2.15. The van der Waals surface area contributed by atoms with E-state index in [0.29, 0.717) is 13.0 Å². The normalized spacial score (nSPS) is 14.2. The van der Waals surface area contributed by atoms with Gasteiger partial charge in [-0.15, -0.1) is 10.2 Å². The van der Waals surface area contributed by atoms with Crippen LogP contribution in [-0.2, 0) is 4.79 Å². The smallest absolute Gasteiger partial charge is 0.220 e. The minimum atomic E-state index is -0.185. The monoisotopic (exact) mass is 275 g/mol. The molecule has 6 nitrogen and oxygen atoms in total. The molecule has 2 aromatic rings. The van der Waals surface area contributed by atoms with E-state index in [-0.39, 0.29) is 17.9 Å². The van der Waals surface area contributed by atoms with Crippen LogP contribution in [-0.4, -0.2) is 27.0 Å². The van der Waals surface area contributed by atoms with Crippen LogP contribution in [0.25, 0.3) is 5.65 Å². The molecule has 0 aliphatic carbocycles. The fourth-order valence-electron chi connectivity index (χ4n) is 2.18. The van der Waals surface area contributed by atoms with Gasteiger partial charge in [0.2, 0.25) is 5.91 Å². The van der Waals surface area contributed by atoms with Crippen LogP contribution in [0.3, 0.4) is 0 Å². The number of aromatic nitrogens is 3. The maximum Gasteiger partial charge on any atom is 0.220 e. The first-order valence-corrected chi connectivity index (χ1v) is 6.94. The highest BCUT2D eigenvalue weighted by Crippen LogP contribution is 2.13. The van der Waals surface area contributed by atoms with E-state index in [0.717, 1.165) is 17.9 Å². The summed E-state index contributed by atoms with van der Waals surface area (Å²) in [6.45, 7) is 4.48. The van der Waals surface area contributed by atoms with Crippen molar-refractivity contribution in [2.45, 2.75) is 32.7 Å². The van der Waals surface area contributed by atoms with Crippen LogP contribution in [0.2, 0.25) is 0 Å². The van der Waals surface area contributed by atoms with Crippen LogP contribution in [0.15, 0.2) is 24.4 Å². The maximum absolute atomic E-state index is 12.0. The summed E-state index contributed by atoms with van der Waals surface area (Å²) in [5, 5.41) is 11.2. The van der Waals surface area contributed by atoms with E-state index >= 15 is 0 Å². The largest absolute Gasteiger partial charge is 0.346 e. The Hall–Kier alpha value is -1.95. The standard InChI is InChI=1S/C14H21N5O/c1-3-11(9-15)8-13(20)16-10(2)14-18-17-12-6-4-5-7-19(12)14/h4-7,10-11H,3,8-9,15H2,1-2H3,(H,16,20). The first-order chi connectivity index (χ1) is 9.65. The van der Waals surface area contributed by atoms with Crippen LogP contribution in [0.5, 0.6) is 0 Å². The summed E-state index contributed by atoms with van der Waals surface area (Å²) >= 11 is 0. The molecule has 0 aliphatic heterocycles. The van der Waals surface area contributed by atoms with E-state index in [2.05, 4.69) is 15.5 Å². The second kappa shape index (κ2) is 6.47. The molecule has 0 aromatic carbocycles. The molecule has 0 spiro atoms. The van der Waals surface area contributed by atoms with Gasteiger partial charge in [0.15, 0.2) is 11.5 Å². The van der Waals surface area contributed by atoms with E-state index in [1.165, 1.54) is 0 Å². The van der Waals surface area contributed by atoms with Gasteiger partial charge >= 0.3 is 0 Å². The van der Waals surface area contributed by atoms with Crippen LogP contribution in [0, 0.1) is 5.92 Å². The first kappa shape index (κ1) is 14.5. The van der Waals surface area contributed by atoms with Crippen LogP contribution in [0.1, 0.15) is 38.6 Å². The summed E-state index contributed by atoms with van der Waals surface area (Å²) in [6.07, 6.45) is 3.25. The van der Waals surface area contributed by atoms with E-state index in [1.807, 2.05) is 42.6 Å². The number of carbonyl (C=O) groups excluding carboxylic acids is 1. The number of hydrogen-bond acceptors (Lipinski definition) is 4. The van der Waals surface area contributed by atoms with Crippen molar-refractivity contribution >= 4 is 11.6 Å². The fraction of sp³-hybridized carbons (Fsp3) is 0.500. The Bertz CT molecular complexity index is 576. The van der Waals surface area contributed by atoms with E-state index in [1.54, 1.807) is 0 Å². The molecule has 1 amide bonds. The molecule has 6 heteroatoms. The van der Waals surface area contributed by atoms with Crippen molar-refractivity contribution in [3.8, 4) is 0 Å². The molecule has 0 saturated carbocycles. The van der Waals surface area contributed by atoms with Gasteiger partial charge in [0.1, 0.15) is 0 Å². The van der Waals surface area contributed by atoms with Gasteiger partial charge < -0.3 is 11.1 Å². The van der Waals surface area contributed by atoms with Gasteiger partial charge in [0, 0.05) is 12.6 Å². The molecular weight excluding hydrogens is 254 g/mol. The molecule has 3 N–H and O–H groups in total. The molecule has 2 unspecified atom stereocenters. The summed E-state index contributed by atoms with van der Waals surface area (Å²) in [5.74, 6) is 0.967. The predicted octanol–water partition coefficient (Wildman–Crippen LogP) is 1.28. The van der Waals surface area contributed by atoms with Crippen molar-refractivity contribution in [3.63, 3.8) is 0 Å². The minimum absolute atomic E-state index is 0.00230. The number of fused-ring (bicyclic) bond motifs is 1. The van der Waals surface area contributed by atoms with Crippen molar-refractivity contribution in [1.82, 2.24) is 19.9 Å². The molecule has 0 aliphatic rings. The Morgan fingerprint density at radius 1 is 1.45 bits per heavy atom. The minimum Gasteiger partial charge on any atom is -0.346 e. The maximum atomic E-state index is 12.0. The molecule has 20 heavy (non-hydrogen) atoms. The quantitative estimate of drug-likeness (QED) is 0.831. The lowest BCUT2D eigenvalue weighted by atomic mass is 10.0. The number of nitrogens with two attached hydrogens (primary N) is 1. The molecule has 0 radical (unpaired) electrons. The highest BCUT2D eigenvalue weighted by molar-refractivity contribution is 5.76. The second-order valence-electron chi connectivity index (χ2n) is 4.99. The number of pyridine rings is 1. The average molecular weight is 275 g/mol. The number of nitrogens with zero attached hydrogens (tertiary/aromatic N) is 3. The third kappa shape index (κ3) is 3.14. The predicted molar refractivity (Wildman–Crippen MR) is 77.0 cm³/mol. The number of hydrogen-bond donors (Lipinski definition) is 2. The molecule has 0 saturated heterocycles. The van der Waals surface area contributed by atoms with Crippen LogP contribution < -0.4 is 11.1 Å². The highest BCUT2D eigenvalue weighted by atomic mass is 16.1. The summed E-state index contributed by atoms with van der Waals surface area (Å²) in [5.41, 5.74) is 6.40. The molecule has 108 valence electrons. The molecule has 2 heterocycles.